The van der Waals surface area contributed by atoms with Crippen molar-refractivity contribution in [2.75, 3.05) is 40.9 Å². The number of carbonyl (C=O) groups is 2. The molecule has 1 amide bonds. The minimum Gasteiger partial charge on any atom is -0.756 e. The average molecular weight is 1310 g/mol. The maximum atomic E-state index is 13.6. The first kappa shape index (κ1) is 89.2. The van der Waals surface area contributed by atoms with Crippen LogP contribution in [0.5, 0.6) is 0 Å². The largest absolute Gasteiger partial charge is 0.756 e. The molecule has 0 fully saturated rings. The topological polar surface area (TPSA) is 114 Å². The van der Waals surface area contributed by atoms with Crippen LogP contribution in [-0.2, 0) is 27.9 Å². The highest BCUT2D eigenvalue weighted by atomic mass is 31.2. The number of rotatable bonds is 72. The van der Waals surface area contributed by atoms with E-state index in [2.05, 4.69) is 99.0 Å². The van der Waals surface area contributed by atoms with Crippen LogP contribution in [0.25, 0.3) is 0 Å². The van der Waals surface area contributed by atoms with Gasteiger partial charge in [-0.15, -0.1) is 0 Å². The third-order valence-corrected chi connectivity index (χ3v) is 18.5. The van der Waals surface area contributed by atoms with E-state index in [0.717, 1.165) is 83.5 Å². The van der Waals surface area contributed by atoms with Gasteiger partial charge in [-0.1, -0.05) is 337 Å². The number of amides is 1. The highest BCUT2D eigenvalue weighted by molar-refractivity contribution is 7.45. The highest BCUT2D eigenvalue weighted by Gasteiger charge is 2.27. The number of likely N-dealkylation sites (N-methyl/N-ethyl adjacent to an activating group) is 1. The van der Waals surface area contributed by atoms with Crippen molar-refractivity contribution in [3.8, 4) is 0 Å². The van der Waals surface area contributed by atoms with Gasteiger partial charge in [-0.3, -0.25) is 14.2 Å². The third kappa shape index (κ3) is 71.5. The van der Waals surface area contributed by atoms with Crippen LogP contribution in [0.1, 0.15) is 374 Å². The summed E-state index contributed by atoms with van der Waals surface area (Å²) in [5.41, 5.74) is 0. The molecule has 10 heteroatoms. The van der Waals surface area contributed by atoms with E-state index in [-0.39, 0.29) is 31.5 Å². The molecule has 0 aromatic heterocycles. The number of nitrogens with one attached hydrogen (secondary N) is 1. The molecule has 9 nitrogen and oxygen atoms in total. The average Bonchev–Trinajstić information content (AvgIpc) is 3.72. The molecule has 0 aliphatic carbocycles. The Morgan fingerprint density at radius 2 is 0.663 bits per heavy atom. The number of unbranched alkanes of at least 4 members (excludes halogenated alkanes) is 44. The van der Waals surface area contributed by atoms with Crippen LogP contribution in [-0.4, -0.2) is 69.4 Å². The van der Waals surface area contributed by atoms with Gasteiger partial charge in [-0.2, -0.15) is 0 Å². The first-order chi connectivity index (χ1) is 44.9. The molecule has 3 unspecified atom stereocenters. The third-order valence-electron chi connectivity index (χ3n) is 17.5. The summed E-state index contributed by atoms with van der Waals surface area (Å²) < 4.78 is 30.5. The molecule has 536 valence electrons. The van der Waals surface area contributed by atoms with Crippen molar-refractivity contribution in [2.24, 2.45) is 0 Å². The maximum Gasteiger partial charge on any atom is 0.306 e. The Bertz CT molecular complexity index is 1850. The lowest BCUT2D eigenvalue weighted by Crippen LogP contribution is -2.47. The molecule has 0 aliphatic heterocycles. The van der Waals surface area contributed by atoms with E-state index < -0.39 is 20.0 Å². The van der Waals surface area contributed by atoms with Crippen LogP contribution in [0, 0.1) is 0 Å². The summed E-state index contributed by atoms with van der Waals surface area (Å²) >= 11 is 0. The second kappa shape index (κ2) is 71.0. The van der Waals surface area contributed by atoms with E-state index >= 15 is 0 Å². The Labute approximate surface area is 571 Å². The zero-order chi connectivity index (χ0) is 67.0. The van der Waals surface area contributed by atoms with Gasteiger partial charge >= 0.3 is 5.97 Å². The van der Waals surface area contributed by atoms with E-state index in [9.17, 15) is 19.0 Å². The number of ether oxygens (including phenoxy) is 1. The monoisotopic (exact) mass is 1310 g/mol. The fourth-order valence-corrected chi connectivity index (χ4v) is 12.2. The molecule has 0 rings (SSSR count). The summed E-state index contributed by atoms with van der Waals surface area (Å²) in [6.07, 6.45) is 95.8. The van der Waals surface area contributed by atoms with Gasteiger partial charge < -0.3 is 28.5 Å². The molecule has 0 heterocycles. The Kier molecular flexibility index (Phi) is 68.8. The lowest BCUT2D eigenvalue weighted by atomic mass is 10.0. The zero-order valence-corrected chi connectivity index (χ0v) is 62.4. The van der Waals surface area contributed by atoms with E-state index in [0.29, 0.717) is 17.4 Å². The van der Waals surface area contributed by atoms with Gasteiger partial charge in [-0.05, 0) is 109 Å². The van der Waals surface area contributed by atoms with Crippen LogP contribution in [0.15, 0.2) is 85.1 Å². The zero-order valence-electron chi connectivity index (χ0n) is 61.5. The molecule has 0 saturated heterocycles. The fourth-order valence-electron chi connectivity index (χ4n) is 11.5. The lowest BCUT2D eigenvalue weighted by molar-refractivity contribution is -0.870. The molecule has 0 aromatic carbocycles. The van der Waals surface area contributed by atoms with Crippen molar-refractivity contribution in [1.82, 2.24) is 5.32 Å². The van der Waals surface area contributed by atoms with Crippen molar-refractivity contribution >= 4 is 19.7 Å². The summed E-state index contributed by atoms with van der Waals surface area (Å²) in [4.78, 5) is 40.3. The summed E-state index contributed by atoms with van der Waals surface area (Å²) in [5.74, 6) is -0.531. The molecule has 0 spiro atoms. The van der Waals surface area contributed by atoms with Gasteiger partial charge in [0, 0.05) is 12.8 Å². The molecule has 0 saturated carbocycles. The summed E-state index contributed by atoms with van der Waals surface area (Å²) in [6, 6.07) is -0.893. The second-order valence-electron chi connectivity index (χ2n) is 27.9. The number of esters is 1. The first-order valence-electron chi connectivity index (χ1n) is 39.4. The fraction of sp³-hybridized carbons (Fsp3) is 0.805. The molecular formula is C82H151N2O7P. The number of nitrogens with zero attached hydrogens (tertiary/aromatic N) is 1. The molecule has 0 aliphatic rings. The maximum absolute atomic E-state index is 13.6. The van der Waals surface area contributed by atoms with Crippen LogP contribution >= 0.6 is 7.82 Å². The number of phosphoric acid groups is 1. The van der Waals surface area contributed by atoms with Crippen molar-refractivity contribution in [3.05, 3.63) is 85.1 Å². The second-order valence-corrected chi connectivity index (χ2v) is 29.3. The van der Waals surface area contributed by atoms with E-state index in [1.165, 1.54) is 257 Å². The predicted molar refractivity (Wildman–Crippen MR) is 399 cm³/mol. The van der Waals surface area contributed by atoms with Gasteiger partial charge in [0.25, 0.3) is 7.82 Å². The molecule has 0 aromatic rings. The number of phosphoric ester groups is 1. The minimum atomic E-state index is -4.71. The van der Waals surface area contributed by atoms with Crippen LogP contribution in [0.3, 0.4) is 0 Å². The molecule has 3 atom stereocenters. The summed E-state index contributed by atoms with van der Waals surface area (Å²) in [5, 5.41) is 3.05. The SMILES string of the molecule is CCCCC/C=C\C/C=C\C/C=C\C/C=C\CCCCCCCCCCCCCC(=O)OC(/C=C/CCCCCCCCCCCC)C(COP(=O)([O-])OCC[N+](C)(C)C)NC(=O)CCCCCCCCCCCCCCCCCCC/C=C\C/C=C\CCCCC. The normalized spacial score (nSPS) is 13.9. The quantitative estimate of drug-likeness (QED) is 0.0212. The summed E-state index contributed by atoms with van der Waals surface area (Å²) in [7, 11) is 1.19. The molecule has 0 radical (unpaired) electrons. The highest BCUT2D eigenvalue weighted by Crippen LogP contribution is 2.38. The van der Waals surface area contributed by atoms with Crippen LogP contribution in [0.2, 0.25) is 0 Å². The number of hydrogen-bond acceptors (Lipinski definition) is 7. The molecule has 0 bridgehead atoms. The Morgan fingerprint density at radius 3 is 1.01 bits per heavy atom. The van der Waals surface area contributed by atoms with Gasteiger partial charge in [0.15, 0.2) is 0 Å². The van der Waals surface area contributed by atoms with Crippen LogP contribution < -0.4 is 10.2 Å². The molecular weight excluding hydrogens is 1160 g/mol. The predicted octanol–water partition coefficient (Wildman–Crippen LogP) is 25.0. The van der Waals surface area contributed by atoms with Gasteiger partial charge in [0.1, 0.15) is 19.3 Å². The van der Waals surface area contributed by atoms with Crippen molar-refractivity contribution in [2.45, 2.75) is 386 Å². The van der Waals surface area contributed by atoms with Crippen LogP contribution in [0.4, 0.5) is 0 Å². The number of hydrogen-bond donors (Lipinski definition) is 1. The Morgan fingerprint density at radius 1 is 0.380 bits per heavy atom. The van der Waals surface area contributed by atoms with Gasteiger partial charge in [0.05, 0.1) is 33.8 Å². The van der Waals surface area contributed by atoms with Crippen molar-refractivity contribution < 1.29 is 37.3 Å². The van der Waals surface area contributed by atoms with Crippen molar-refractivity contribution in [1.29, 1.82) is 0 Å². The first-order valence-corrected chi connectivity index (χ1v) is 40.9. The number of carbonyl (C=O) groups excluding carboxylic acids is 2. The Balaban J connectivity index is 4.93. The minimum absolute atomic E-state index is 0.0237. The summed E-state index contributed by atoms with van der Waals surface area (Å²) in [6.45, 7) is 6.84. The smallest absolute Gasteiger partial charge is 0.306 e. The van der Waals surface area contributed by atoms with E-state index in [1.807, 2.05) is 33.3 Å². The lowest BCUT2D eigenvalue weighted by Gasteiger charge is -2.30. The number of allylic oxidation sites excluding steroid dienone is 13. The molecule has 92 heavy (non-hydrogen) atoms. The number of quaternary nitrogens is 1. The Hall–Kier alpha value is -2.81. The van der Waals surface area contributed by atoms with Gasteiger partial charge in [-0.25, -0.2) is 0 Å². The molecule has 1 N–H and O–H groups in total. The van der Waals surface area contributed by atoms with E-state index in [4.69, 9.17) is 13.8 Å². The van der Waals surface area contributed by atoms with Gasteiger partial charge in [0.2, 0.25) is 5.91 Å². The standard InChI is InChI=1S/C82H151N2O7P/c1-7-10-13-16-19-22-25-28-30-32-34-36-38-40-42-44-46-48-50-52-54-56-59-62-65-68-71-74-81(85)83-79(78-90-92(87,88)89-77-76-84(4,5)6)80(73-70-67-64-61-58-27-24-21-18-15-12-9-3)91-82(86)75-72-69-66-63-60-57-55-53-51-49-47-45-43-41-39-37-35-33-31-29-26-23-20-17-14-11-8-2/h19-20,22-23,28-31,35,37,41,43,70,73,79-80H,7-18,21,24-27,32-34,36,38-40,42,44-69,71-72,74-78H2,1-6H3,(H-,83,85,87,88)/b22-19-,23-20-,30-28-,31-29-,37-35-,43-41-,73-70+. The van der Waals surface area contributed by atoms with E-state index in [1.54, 1.807) is 0 Å². The van der Waals surface area contributed by atoms with Crippen molar-refractivity contribution in [3.63, 3.8) is 0 Å².